The first-order valence-electron chi connectivity index (χ1n) is 7.17. The molecule has 2 aromatic rings. The number of nitrogens with one attached hydrogen (secondary N) is 1. The zero-order chi connectivity index (χ0) is 14.7. The monoisotopic (exact) mass is 281 g/mol. The second-order valence-corrected chi connectivity index (χ2v) is 5.29. The summed E-state index contributed by atoms with van der Waals surface area (Å²) in [5.74, 6) is 0.239. The molecule has 21 heavy (non-hydrogen) atoms. The Morgan fingerprint density at radius 2 is 1.81 bits per heavy atom. The Bertz CT molecular complexity index is 627. The highest BCUT2D eigenvalue weighted by molar-refractivity contribution is 6.01. The number of anilines is 2. The van der Waals surface area contributed by atoms with E-state index in [9.17, 15) is 4.79 Å². The molecule has 1 atom stereocenters. The van der Waals surface area contributed by atoms with Crippen LogP contribution in [0.15, 0.2) is 54.6 Å². The molecule has 4 heteroatoms. The van der Waals surface area contributed by atoms with Gasteiger partial charge in [0.1, 0.15) is 0 Å². The van der Waals surface area contributed by atoms with Crippen molar-refractivity contribution in [3.8, 4) is 0 Å². The minimum Gasteiger partial charge on any atom is -0.360 e. The molecule has 2 aromatic carbocycles. The van der Waals surface area contributed by atoms with Gasteiger partial charge in [0.05, 0.1) is 17.9 Å². The van der Waals surface area contributed by atoms with Gasteiger partial charge in [-0.1, -0.05) is 42.5 Å². The number of carbonyl (C=O) groups excluding carboxylic acids is 1. The number of hydrogen-bond acceptors (Lipinski definition) is 3. The maximum atomic E-state index is 11.9. The van der Waals surface area contributed by atoms with Gasteiger partial charge in [-0.25, -0.2) is 0 Å². The van der Waals surface area contributed by atoms with Crippen molar-refractivity contribution in [2.45, 2.75) is 5.92 Å². The summed E-state index contributed by atoms with van der Waals surface area (Å²) in [6.45, 7) is 1.68. The SMILES string of the molecule is NCC(CN1CC(=O)Nc2ccccc21)c1ccccc1. The second kappa shape index (κ2) is 5.97. The Labute approximate surface area is 124 Å². The Balaban J connectivity index is 1.85. The van der Waals surface area contributed by atoms with E-state index in [1.165, 1.54) is 5.56 Å². The van der Waals surface area contributed by atoms with E-state index in [-0.39, 0.29) is 11.8 Å². The molecular weight excluding hydrogens is 262 g/mol. The zero-order valence-corrected chi connectivity index (χ0v) is 11.8. The van der Waals surface area contributed by atoms with Crippen LogP contribution in [0, 0.1) is 0 Å². The van der Waals surface area contributed by atoms with E-state index in [1.54, 1.807) is 0 Å². The molecule has 1 heterocycles. The van der Waals surface area contributed by atoms with Crippen LogP contribution in [0.25, 0.3) is 0 Å². The van der Waals surface area contributed by atoms with E-state index in [4.69, 9.17) is 5.73 Å². The third-order valence-corrected chi connectivity index (χ3v) is 3.85. The number of benzene rings is 2. The van der Waals surface area contributed by atoms with Gasteiger partial charge in [0.25, 0.3) is 0 Å². The highest BCUT2D eigenvalue weighted by Gasteiger charge is 2.24. The molecule has 3 rings (SSSR count). The Kier molecular flexibility index (Phi) is 3.88. The molecule has 0 aromatic heterocycles. The van der Waals surface area contributed by atoms with E-state index in [2.05, 4.69) is 22.3 Å². The molecule has 0 spiro atoms. The number of para-hydroxylation sites is 2. The van der Waals surface area contributed by atoms with Gasteiger partial charge in [-0.05, 0) is 17.7 Å². The summed E-state index contributed by atoms with van der Waals surface area (Å²) in [5, 5.41) is 2.91. The number of nitrogens with two attached hydrogens (primary N) is 1. The normalized spacial score (nSPS) is 15.3. The Morgan fingerprint density at radius 1 is 1.10 bits per heavy atom. The van der Waals surface area contributed by atoms with E-state index in [0.717, 1.165) is 17.9 Å². The van der Waals surface area contributed by atoms with Gasteiger partial charge in [0.15, 0.2) is 0 Å². The van der Waals surface area contributed by atoms with E-state index >= 15 is 0 Å². The van der Waals surface area contributed by atoms with Gasteiger partial charge >= 0.3 is 0 Å². The average molecular weight is 281 g/mol. The largest absolute Gasteiger partial charge is 0.360 e. The van der Waals surface area contributed by atoms with Crippen molar-refractivity contribution < 1.29 is 4.79 Å². The lowest BCUT2D eigenvalue weighted by Crippen LogP contribution is -2.41. The van der Waals surface area contributed by atoms with Crippen LogP contribution < -0.4 is 16.0 Å². The first-order valence-corrected chi connectivity index (χ1v) is 7.17. The van der Waals surface area contributed by atoms with Crippen LogP contribution in [-0.4, -0.2) is 25.5 Å². The third kappa shape index (κ3) is 2.90. The van der Waals surface area contributed by atoms with Crippen molar-refractivity contribution in [3.63, 3.8) is 0 Å². The molecular formula is C17H19N3O. The standard InChI is InChI=1S/C17H19N3O/c18-10-14(13-6-2-1-3-7-13)11-20-12-17(21)19-15-8-4-5-9-16(15)20/h1-9,14H,10-12,18H2,(H,19,21). The quantitative estimate of drug-likeness (QED) is 0.903. The summed E-state index contributed by atoms with van der Waals surface area (Å²) in [4.78, 5) is 14.0. The molecule has 0 saturated heterocycles. The molecule has 3 N–H and O–H groups in total. The number of hydrogen-bond donors (Lipinski definition) is 2. The number of fused-ring (bicyclic) bond motifs is 1. The summed E-state index contributed by atoms with van der Waals surface area (Å²) in [7, 11) is 0. The molecule has 0 saturated carbocycles. The lowest BCUT2D eigenvalue weighted by Gasteiger charge is -2.33. The molecule has 1 aliphatic heterocycles. The van der Waals surface area contributed by atoms with Crippen LogP contribution in [0.5, 0.6) is 0 Å². The Hall–Kier alpha value is -2.33. The van der Waals surface area contributed by atoms with Crippen molar-refractivity contribution in [2.24, 2.45) is 5.73 Å². The molecule has 1 amide bonds. The van der Waals surface area contributed by atoms with Crippen LogP contribution in [0.2, 0.25) is 0 Å². The molecule has 0 aliphatic carbocycles. The summed E-state index contributed by atoms with van der Waals surface area (Å²) >= 11 is 0. The predicted octanol–water partition coefficient (Wildman–Crippen LogP) is 2.19. The fourth-order valence-electron chi connectivity index (χ4n) is 2.77. The van der Waals surface area contributed by atoms with Crippen LogP contribution in [-0.2, 0) is 4.79 Å². The van der Waals surface area contributed by atoms with Gasteiger partial charge in [-0.3, -0.25) is 4.79 Å². The van der Waals surface area contributed by atoms with Crippen molar-refractivity contribution in [1.29, 1.82) is 0 Å². The summed E-state index contributed by atoms with van der Waals surface area (Å²) in [6.07, 6.45) is 0. The summed E-state index contributed by atoms with van der Waals surface area (Å²) < 4.78 is 0. The molecule has 0 bridgehead atoms. The lowest BCUT2D eigenvalue weighted by atomic mass is 9.98. The summed E-state index contributed by atoms with van der Waals surface area (Å²) in [6, 6.07) is 18.1. The van der Waals surface area contributed by atoms with Crippen molar-refractivity contribution in [2.75, 3.05) is 29.9 Å². The van der Waals surface area contributed by atoms with Gasteiger partial charge in [0.2, 0.25) is 5.91 Å². The maximum absolute atomic E-state index is 11.9. The third-order valence-electron chi connectivity index (χ3n) is 3.85. The smallest absolute Gasteiger partial charge is 0.243 e. The molecule has 1 unspecified atom stereocenters. The Morgan fingerprint density at radius 3 is 2.57 bits per heavy atom. The zero-order valence-electron chi connectivity index (χ0n) is 11.8. The average Bonchev–Trinajstić information content (AvgIpc) is 2.53. The van der Waals surface area contributed by atoms with Crippen molar-refractivity contribution in [3.05, 3.63) is 60.2 Å². The van der Waals surface area contributed by atoms with Gasteiger partial charge in [0, 0.05) is 19.0 Å². The molecule has 4 nitrogen and oxygen atoms in total. The number of carbonyl (C=O) groups is 1. The maximum Gasteiger partial charge on any atom is 0.243 e. The number of nitrogens with zero attached hydrogens (tertiary/aromatic N) is 1. The predicted molar refractivity (Wildman–Crippen MR) is 85.5 cm³/mol. The minimum atomic E-state index is 0.0255. The first kappa shape index (κ1) is 13.6. The minimum absolute atomic E-state index is 0.0255. The number of amides is 1. The topological polar surface area (TPSA) is 58.4 Å². The highest BCUT2D eigenvalue weighted by atomic mass is 16.2. The fourth-order valence-corrected chi connectivity index (χ4v) is 2.77. The number of rotatable bonds is 4. The molecule has 1 aliphatic rings. The highest BCUT2D eigenvalue weighted by Crippen LogP contribution is 2.30. The first-order chi connectivity index (χ1) is 10.3. The van der Waals surface area contributed by atoms with Crippen LogP contribution >= 0.6 is 0 Å². The molecule has 0 fully saturated rings. The van der Waals surface area contributed by atoms with E-state index in [1.807, 2.05) is 42.5 Å². The van der Waals surface area contributed by atoms with E-state index in [0.29, 0.717) is 13.1 Å². The van der Waals surface area contributed by atoms with E-state index < -0.39 is 0 Å². The lowest BCUT2D eigenvalue weighted by molar-refractivity contribution is -0.115. The van der Waals surface area contributed by atoms with Gasteiger partial charge < -0.3 is 16.0 Å². The molecule has 108 valence electrons. The second-order valence-electron chi connectivity index (χ2n) is 5.29. The van der Waals surface area contributed by atoms with Gasteiger partial charge in [-0.15, -0.1) is 0 Å². The molecule has 0 radical (unpaired) electrons. The van der Waals surface area contributed by atoms with Crippen LogP contribution in [0.4, 0.5) is 11.4 Å². The fraction of sp³-hybridized carbons (Fsp3) is 0.235. The van der Waals surface area contributed by atoms with Crippen molar-refractivity contribution >= 4 is 17.3 Å². The van der Waals surface area contributed by atoms with Crippen molar-refractivity contribution in [1.82, 2.24) is 0 Å². The van der Waals surface area contributed by atoms with Gasteiger partial charge in [-0.2, -0.15) is 0 Å². The van der Waals surface area contributed by atoms with Crippen LogP contribution in [0.3, 0.4) is 0 Å². The summed E-state index contributed by atoms with van der Waals surface area (Å²) in [5.41, 5.74) is 9.10. The van der Waals surface area contributed by atoms with Crippen LogP contribution in [0.1, 0.15) is 11.5 Å².